The van der Waals surface area contributed by atoms with Crippen molar-refractivity contribution in [2.75, 3.05) is 0 Å². The van der Waals surface area contributed by atoms with E-state index in [2.05, 4.69) is 15.5 Å². The molecule has 0 saturated carbocycles. The molecule has 5 rings (SSSR count). The molecule has 176 valence electrons. The summed E-state index contributed by atoms with van der Waals surface area (Å²) in [7, 11) is 0. The topological polar surface area (TPSA) is 71.3 Å². The molecule has 0 spiro atoms. The third-order valence-electron chi connectivity index (χ3n) is 6.15. The predicted octanol–water partition coefficient (Wildman–Crippen LogP) is 6.54. The largest absolute Gasteiger partial charge is 0.334 e. The Bertz CT molecular complexity index is 1410. The Labute approximate surface area is 207 Å². The van der Waals surface area contributed by atoms with Crippen LogP contribution >= 0.6 is 11.6 Å². The van der Waals surface area contributed by atoms with Crippen LogP contribution < -0.4 is 5.32 Å². The monoisotopic (exact) mass is 488 g/mol. The van der Waals surface area contributed by atoms with Crippen LogP contribution in [0.3, 0.4) is 0 Å². The molecule has 0 fully saturated rings. The predicted molar refractivity (Wildman–Crippen MR) is 132 cm³/mol. The molecule has 3 aromatic carbocycles. The SMILES string of the molecule is CC1=C(c2nc(-c3ccc(Cl)cc3)no2)C(c2ccc(F)cc2)NC(=O)N1Cc1ccccc1C. The van der Waals surface area contributed by atoms with E-state index in [1.54, 1.807) is 29.2 Å². The van der Waals surface area contributed by atoms with Gasteiger partial charge in [0, 0.05) is 16.3 Å². The number of halogens is 2. The number of carbonyl (C=O) groups is 1. The van der Waals surface area contributed by atoms with Crippen molar-refractivity contribution < 1.29 is 13.7 Å². The van der Waals surface area contributed by atoms with Crippen LogP contribution in [0, 0.1) is 12.7 Å². The third kappa shape index (κ3) is 4.55. The lowest BCUT2D eigenvalue weighted by molar-refractivity contribution is 0.203. The van der Waals surface area contributed by atoms with Crippen molar-refractivity contribution in [3.05, 3.63) is 112 Å². The number of hydrogen-bond acceptors (Lipinski definition) is 4. The minimum atomic E-state index is -0.588. The van der Waals surface area contributed by atoms with E-state index in [0.717, 1.165) is 16.7 Å². The molecular weight excluding hydrogens is 467 g/mol. The molecule has 2 heterocycles. The number of hydrogen-bond donors (Lipinski definition) is 1. The molecule has 1 N–H and O–H groups in total. The van der Waals surface area contributed by atoms with Gasteiger partial charge < -0.3 is 9.84 Å². The maximum absolute atomic E-state index is 13.6. The molecule has 1 atom stereocenters. The van der Waals surface area contributed by atoms with E-state index >= 15 is 0 Å². The number of benzene rings is 3. The van der Waals surface area contributed by atoms with Gasteiger partial charge in [-0.2, -0.15) is 4.98 Å². The molecular formula is C27H22ClFN4O2. The van der Waals surface area contributed by atoms with Gasteiger partial charge in [-0.25, -0.2) is 9.18 Å². The first kappa shape index (κ1) is 22.8. The molecule has 0 bridgehead atoms. The van der Waals surface area contributed by atoms with Crippen LogP contribution in [0.5, 0.6) is 0 Å². The standard InChI is InChI=1S/C27H22ClFN4O2/c1-16-5-3-4-6-20(16)15-33-17(2)23(24(30-27(33)34)18-9-13-22(29)14-10-18)26-31-25(32-35-26)19-7-11-21(28)12-8-19/h3-14,24H,15H2,1-2H3,(H,30,34). The van der Waals surface area contributed by atoms with E-state index in [0.29, 0.717) is 34.2 Å². The summed E-state index contributed by atoms with van der Waals surface area (Å²) in [6.07, 6.45) is 0. The summed E-state index contributed by atoms with van der Waals surface area (Å²) in [6.45, 7) is 4.24. The van der Waals surface area contributed by atoms with E-state index in [1.807, 2.05) is 50.2 Å². The van der Waals surface area contributed by atoms with Crippen LogP contribution in [-0.4, -0.2) is 21.1 Å². The zero-order valence-corrected chi connectivity index (χ0v) is 19.9. The average Bonchev–Trinajstić information content (AvgIpc) is 3.33. The Balaban J connectivity index is 1.60. The Morgan fingerprint density at radius 2 is 1.74 bits per heavy atom. The molecule has 1 unspecified atom stereocenters. The van der Waals surface area contributed by atoms with Crippen molar-refractivity contribution in [1.82, 2.24) is 20.4 Å². The Hall–Kier alpha value is -3.97. The summed E-state index contributed by atoms with van der Waals surface area (Å²) in [5, 5.41) is 7.80. The smallest absolute Gasteiger partial charge is 0.322 e. The van der Waals surface area contributed by atoms with Crippen molar-refractivity contribution in [2.24, 2.45) is 0 Å². The van der Waals surface area contributed by atoms with E-state index < -0.39 is 6.04 Å². The van der Waals surface area contributed by atoms with Crippen LogP contribution in [0.2, 0.25) is 5.02 Å². The zero-order valence-electron chi connectivity index (χ0n) is 19.1. The maximum atomic E-state index is 13.6. The summed E-state index contributed by atoms with van der Waals surface area (Å²) < 4.78 is 19.3. The molecule has 1 aromatic heterocycles. The zero-order chi connectivity index (χ0) is 24.5. The molecule has 35 heavy (non-hydrogen) atoms. The second kappa shape index (κ2) is 9.35. The quantitative estimate of drug-likeness (QED) is 0.346. The first-order valence-electron chi connectivity index (χ1n) is 11.1. The maximum Gasteiger partial charge on any atom is 0.322 e. The van der Waals surface area contributed by atoms with Gasteiger partial charge in [-0.3, -0.25) is 4.90 Å². The van der Waals surface area contributed by atoms with Gasteiger partial charge in [0.25, 0.3) is 5.89 Å². The van der Waals surface area contributed by atoms with Gasteiger partial charge in [-0.05, 0) is 66.9 Å². The second-order valence-electron chi connectivity index (χ2n) is 8.38. The number of urea groups is 1. The fourth-order valence-corrected chi connectivity index (χ4v) is 4.29. The van der Waals surface area contributed by atoms with Crippen LogP contribution in [0.1, 0.15) is 35.5 Å². The lowest BCUT2D eigenvalue weighted by atomic mass is 9.94. The van der Waals surface area contributed by atoms with Crippen LogP contribution in [0.15, 0.2) is 83.0 Å². The number of nitrogens with one attached hydrogen (secondary N) is 1. The summed E-state index contributed by atoms with van der Waals surface area (Å²) in [4.78, 5) is 19.5. The molecule has 1 aliphatic heterocycles. The van der Waals surface area contributed by atoms with E-state index in [1.165, 1.54) is 12.1 Å². The van der Waals surface area contributed by atoms with Crippen LogP contribution in [0.4, 0.5) is 9.18 Å². The highest BCUT2D eigenvalue weighted by Gasteiger charge is 2.36. The van der Waals surface area contributed by atoms with Crippen molar-refractivity contribution in [1.29, 1.82) is 0 Å². The highest BCUT2D eigenvalue weighted by molar-refractivity contribution is 6.30. The fourth-order valence-electron chi connectivity index (χ4n) is 4.16. The van der Waals surface area contributed by atoms with Gasteiger partial charge in [0.1, 0.15) is 5.82 Å². The minimum absolute atomic E-state index is 0.263. The van der Waals surface area contributed by atoms with Crippen LogP contribution in [0.25, 0.3) is 17.0 Å². The molecule has 2 amide bonds. The van der Waals surface area contributed by atoms with E-state index in [-0.39, 0.29) is 17.7 Å². The van der Waals surface area contributed by atoms with E-state index in [4.69, 9.17) is 16.1 Å². The first-order chi connectivity index (χ1) is 16.9. The van der Waals surface area contributed by atoms with Gasteiger partial charge in [-0.15, -0.1) is 0 Å². The van der Waals surface area contributed by atoms with Crippen molar-refractivity contribution in [3.63, 3.8) is 0 Å². The molecule has 4 aromatic rings. The second-order valence-corrected chi connectivity index (χ2v) is 8.81. The van der Waals surface area contributed by atoms with Crippen molar-refractivity contribution >= 4 is 23.2 Å². The molecule has 1 aliphatic rings. The summed E-state index contributed by atoms with van der Waals surface area (Å²) >= 11 is 6.01. The lowest BCUT2D eigenvalue weighted by Crippen LogP contribution is -2.45. The molecule has 0 saturated heterocycles. The molecule has 0 aliphatic carbocycles. The summed E-state index contributed by atoms with van der Waals surface area (Å²) in [5.41, 5.74) is 4.88. The summed E-state index contributed by atoms with van der Waals surface area (Å²) in [5.74, 6) is 0.316. The number of amides is 2. The number of rotatable bonds is 5. The van der Waals surface area contributed by atoms with Gasteiger partial charge in [0.05, 0.1) is 18.2 Å². The molecule has 0 radical (unpaired) electrons. The highest BCUT2D eigenvalue weighted by Crippen LogP contribution is 2.38. The van der Waals surface area contributed by atoms with E-state index in [9.17, 15) is 9.18 Å². The number of carbonyl (C=O) groups excluding carboxylic acids is 1. The molecule has 8 heteroatoms. The highest BCUT2D eigenvalue weighted by atomic mass is 35.5. The third-order valence-corrected chi connectivity index (χ3v) is 6.40. The first-order valence-corrected chi connectivity index (χ1v) is 11.5. The Morgan fingerprint density at radius 3 is 2.46 bits per heavy atom. The Kier molecular flexibility index (Phi) is 6.09. The number of nitrogens with zero attached hydrogens (tertiary/aromatic N) is 3. The fraction of sp³-hybridized carbons (Fsp3) is 0.148. The number of aromatic nitrogens is 2. The van der Waals surface area contributed by atoms with Gasteiger partial charge in [0.15, 0.2) is 0 Å². The van der Waals surface area contributed by atoms with Gasteiger partial charge in [0.2, 0.25) is 5.82 Å². The summed E-state index contributed by atoms with van der Waals surface area (Å²) in [6, 6.07) is 20.2. The number of allylic oxidation sites excluding steroid dienone is 1. The van der Waals surface area contributed by atoms with Crippen LogP contribution in [-0.2, 0) is 6.54 Å². The number of aryl methyl sites for hydroxylation is 1. The normalized spacial score (nSPS) is 15.9. The Morgan fingerprint density at radius 1 is 1.03 bits per heavy atom. The molecule has 6 nitrogen and oxygen atoms in total. The average molecular weight is 489 g/mol. The lowest BCUT2D eigenvalue weighted by Gasteiger charge is -2.35. The van der Waals surface area contributed by atoms with Crippen molar-refractivity contribution in [3.8, 4) is 11.4 Å². The minimum Gasteiger partial charge on any atom is -0.334 e. The van der Waals surface area contributed by atoms with Gasteiger partial charge in [-0.1, -0.05) is 53.2 Å². The van der Waals surface area contributed by atoms with Gasteiger partial charge >= 0.3 is 6.03 Å². The van der Waals surface area contributed by atoms with Crippen molar-refractivity contribution in [2.45, 2.75) is 26.4 Å².